The first kappa shape index (κ1) is 24.4. The molecule has 3 aromatic carbocycles. The minimum atomic E-state index is -0.903. The molecule has 3 aromatic rings. The number of ketones is 1. The molecule has 37 heavy (non-hydrogen) atoms. The van der Waals surface area contributed by atoms with Gasteiger partial charge in [0.25, 0.3) is 11.7 Å². The van der Waals surface area contributed by atoms with Crippen LogP contribution in [0.15, 0.2) is 66.2 Å². The van der Waals surface area contributed by atoms with Crippen LogP contribution < -0.4 is 14.2 Å². The van der Waals surface area contributed by atoms with Crippen molar-refractivity contribution in [3.63, 3.8) is 0 Å². The summed E-state index contributed by atoms with van der Waals surface area (Å²) in [6.07, 6.45) is 0.689. The van der Waals surface area contributed by atoms with Crippen molar-refractivity contribution in [2.45, 2.75) is 25.9 Å². The average Bonchev–Trinajstić information content (AvgIpc) is 3.47. The first-order valence-corrected chi connectivity index (χ1v) is 12.0. The number of rotatable bonds is 7. The van der Waals surface area contributed by atoms with Crippen molar-refractivity contribution < 1.29 is 33.3 Å². The number of aliphatic hydroxyl groups is 1. The predicted molar refractivity (Wildman–Crippen MR) is 134 cm³/mol. The van der Waals surface area contributed by atoms with E-state index in [2.05, 4.69) is 0 Å². The molecule has 190 valence electrons. The third-order valence-corrected chi connectivity index (χ3v) is 6.57. The molecule has 2 aliphatic heterocycles. The number of carbonyl (C=O) groups is 2. The molecule has 8 heteroatoms. The molecule has 1 amide bonds. The zero-order chi connectivity index (χ0) is 26.1. The second kappa shape index (κ2) is 9.97. The van der Waals surface area contributed by atoms with Crippen molar-refractivity contribution in [2.75, 3.05) is 20.3 Å². The summed E-state index contributed by atoms with van der Waals surface area (Å²) in [5.74, 6) is -0.539. The highest BCUT2D eigenvalue weighted by Gasteiger charge is 2.46. The van der Waals surface area contributed by atoms with Crippen LogP contribution in [-0.4, -0.2) is 42.0 Å². The number of Topliss-reactive ketones (excluding diaryl/α,β-unsaturated/α-hetero) is 1. The van der Waals surface area contributed by atoms with Gasteiger partial charge >= 0.3 is 0 Å². The molecule has 1 fully saturated rings. The van der Waals surface area contributed by atoms with E-state index >= 15 is 0 Å². The molecule has 0 bridgehead atoms. The number of hydrogen-bond acceptors (Lipinski definition) is 6. The van der Waals surface area contributed by atoms with Gasteiger partial charge in [0, 0.05) is 18.5 Å². The number of halogens is 1. The van der Waals surface area contributed by atoms with Crippen LogP contribution in [0.3, 0.4) is 0 Å². The van der Waals surface area contributed by atoms with Gasteiger partial charge in [-0.15, -0.1) is 0 Å². The van der Waals surface area contributed by atoms with Gasteiger partial charge in [0.2, 0.25) is 0 Å². The number of likely N-dealkylation sites (tertiary alicyclic amines) is 1. The van der Waals surface area contributed by atoms with Gasteiger partial charge < -0.3 is 24.2 Å². The van der Waals surface area contributed by atoms with Gasteiger partial charge in [-0.25, -0.2) is 4.39 Å². The highest BCUT2D eigenvalue weighted by molar-refractivity contribution is 6.46. The number of benzene rings is 3. The Hall–Kier alpha value is -4.33. The normalized spacial score (nSPS) is 18.0. The van der Waals surface area contributed by atoms with Crippen LogP contribution in [0, 0.1) is 5.82 Å². The molecular weight excluding hydrogens is 477 g/mol. The Morgan fingerprint density at radius 2 is 1.86 bits per heavy atom. The fourth-order valence-corrected chi connectivity index (χ4v) is 4.80. The van der Waals surface area contributed by atoms with E-state index in [0.717, 1.165) is 11.3 Å². The summed E-state index contributed by atoms with van der Waals surface area (Å²) >= 11 is 0. The van der Waals surface area contributed by atoms with E-state index in [1.165, 1.54) is 24.1 Å². The molecule has 1 atom stereocenters. The topological polar surface area (TPSA) is 85.3 Å². The molecule has 1 N–H and O–H groups in total. The van der Waals surface area contributed by atoms with Crippen molar-refractivity contribution in [1.29, 1.82) is 0 Å². The number of ether oxygens (including phenoxy) is 3. The highest BCUT2D eigenvalue weighted by atomic mass is 19.1. The highest BCUT2D eigenvalue weighted by Crippen LogP contribution is 2.43. The van der Waals surface area contributed by atoms with Crippen molar-refractivity contribution in [3.05, 3.63) is 94.3 Å². The Morgan fingerprint density at radius 3 is 2.59 bits per heavy atom. The van der Waals surface area contributed by atoms with Gasteiger partial charge in [-0.3, -0.25) is 9.59 Å². The summed E-state index contributed by atoms with van der Waals surface area (Å²) in [6, 6.07) is 15.2. The maximum atomic E-state index is 13.5. The lowest BCUT2D eigenvalue weighted by molar-refractivity contribution is -0.140. The van der Waals surface area contributed by atoms with Crippen LogP contribution in [0.4, 0.5) is 4.39 Å². The Morgan fingerprint density at radius 1 is 1.08 bits per heavy atom. The second-order valence-corrected chi connectivity index (χ2v) is 8.82. The Kier molecular flexibility index (Phi) is 6.56. The maximum absolute atomic E-state index is 13.5. The quantitative estimate of drug-likeness (QED) is 0.284. The maximum Gasteiger partial charge on any atom is 0.295 e. The van der Waals surface area contributed by atoms with Gasteiger partial charge in [-0.05, 0) is 66.1 Å². The van der Waals surface area contributed by atoms with Crippen LogP contribution in [-0.2, 0) is 22.6 Å². The average molecular weight is 504 g/mol. The number of carbonyl (C=O) groups excluding carboxylic acids is 2. The van der Waals surface area contributed by atoms with Crippen molar-refractivity contribution >= 4 is 17.4 Å². The fourth-order valence-electron chi connectivity index (χ4n) is 4.80. The number of fused-ring (bicyclic) bond motifs is 1. The van der Waals surface area contributed by atoms with Gasteiger partial charge in [0.05, 0.1) is 31.9 Å². The Bertz CT molecular complexity index is 1400. The Labute approximate surface area is 213 Å². The minimum absolute atomic E-state index is 0.0291. The van der Waals surface area contributed by atoms with Gasteiger partial charge in [0.15, 0.2) is 11.5 Å². The van der Waals surface area contributed by atoms with E-state index in [-0.39, 0.29) is 17.9 Å². The van der Waals surface area contributed by atoms with Gasteiger partial charge in [-0.1, -0.05) is 18.2 Å². The van der Waals surface area contributed by atoms with Crippen molar-refractivity contribution in [2.24, 2.45) is 0 Å². The number of hydrogen-bond donors (Lipinski definition) is 1. The third-order valence-electron chi connectivity index (χ3n) is 6.57. The number of amides is 1. The Balaban J connectivity index is 1.65. The summed E-state index contributed by atoms with van der Waals surface area (Å²) < 4.78 is 30.2. The van der Waals surface area contributed by atoms with Crippen LogP contribution >= 0.6 is 0 Å². The van der Waals surface area contributed by atoms with Crippen LogP contribution in [0.25, 0.3) is 5.76 Å². The van der Waals surface area contributed by atoms with Crippen molar-refractivity contribution in [3.8, 4) is 17.2 Å². The summed E-state index contributed by atoms with van der Waals surface area (Å²) in [5, 5.41) is 11.4. The molecule has 0 spiro atoms. The molecule has 0 saturated carbocycles. The largest absolute Gasteiger partial charge is 0.507 e. The van der Waals surface area contributed by atoms with Gasteiger partial charge in [-0.2, -0.15) is 0 Å². The molecule has 1 unspecified atom stereocenters. The third kappa shape index (κ3) is 4.50. The van der Waals surface area contributed by atoms with E-state index in [1.54, 1.807) is 48.5 Å². The van der Waals surface area contributed by atoms with E-state index in [4.69, 9.17) is 14.2 Å². The molecule has 2 heterocycles. The molecular formula is C29H26FNO6. The monoisotopic (exact) mass is 503 g/mol. The lowest BCUT2D eigenvalue weighted by Crippen LogP contribution is -2.29. The number of methoxy groups -OCH3 is 1. The summed E-state index contributed by atoms with van der Waals surface area (Å²) in [7, 11) is 1.52. The van der Waals surface area contributed by atoms with Crippen LogP contribution in [0.5, 0.6) is 17.2 Å². The standard InChI is InChI=1S/C29H26FNO6/c1-3-36-24-15-19(6-11-23(24)35-2)26-25(27(32)20-7-10-22-18(14-20)12-13-37-22)28(33)29(34)31(26)16-17-4-8-21(30)9-5-17/h4-11,14-15,26,32H,3,12-13,16H2,1-2H3/b27-25+. The lowest BCUT2D eigenvalue weighted by atomic mass is 9.94. The van der Waals surface area contributed by atoms with E-state index in [0.29, 0.717) is 47.8 Å². The number of aliphatic hydroxyl groups excluding tert-OH is 1. The second-order valence-electron chi connectivity index (χ2n) is 8.82. The zero-order valence-corrected chi connectivity index (χ0v) is 20.5. The fraction of sp³-hybridized carbons (Fsp3) is 0.241. The molecule has 0 aromatic heterocycles. The smallest absolute Gasteiger partial charge is 0.295 e. The zero-order valence-electron chi connectivity index (χ0n) is 20.5. The van der Waals surface area contributed by atoms with Crippen LogP contribution in [0.1, 0.15) is 35.2 Å². The van der Waals surface area contributed by atoms with Gasteiger partial charge in [0.1, 0.15) is 17.3 Å². The molecule has 0 aliphatic carbocycles. The SMILES string of the molecule is CCOc1cc(C2/C(=C(\O)c3ccc4c(c3)CCO4)C(=O)C(=O)N2Cc2ccc(F)cc2)ccc1OC. The van der Waals surface area contributed by atoms with E-state index in [1.807, 2.05) is 6.92 Å². The summed E-state index contributed by atoms with van der Waals surface area (Å²) in [6.45, 7) is 2.81. The first-order chi connectivity index (χ1) is 17.9. The molecule has 2 aliphatic rings. The number of nitrogens with zero attached hydrogens (tertiary/aromatic N) is 1. The van der Waals surface area contributed by atoms with E-state index in [9.17, 15) is 19.1 Å². The summed E-state index contributed by atoms with van der Waals surface area (Å²) in [5.41, 5.74) is 2.52. The summed E-state index contributed by atoms with van der Waals surface area (Å²) in [4.78, 5) is 28.1. The lowest BCUT2D eigenvalue weighted by Gasteiger charge is -2.26. The molecule has 1 saturated heterocycles. The van der Waals surface area contributed by atoms with Crippen LogP contribution in [0.2, 0.25) is 0 Å². The minimum Gasteiger partial charge on any atom is -0.507 e. The van der Waals surface area contributed by atoms with E-state index < -0.39 is 23.5 Å². The molecule has 5 rings (SSSR count). The first-order valence-electron chi connectivity index (χ1n) is 12.0. The van der Waals surface area contributed by atoms with Crippen molar-refractivity contribution in [1.82, 2.24) is 4.90 Å². The molecule has 0 radical (unpaired) electrons. The molecule has 7 nitrogen and oxygen atoms in total. The predicted octanol–water partition coefficient (Wildman–Crippen LogP) is 4.79.